The predicted octanol–water partition coefficient (Wildman–Crippen LogP) is 2.14. The molecular weight excluding hydrogens is 374 g/mol. The molecule has 0 aliphatic carbocycles. The summed E-state index contributed by atoms with van der Waals surface area (Å²) in [6.45, 7) is 12.5. The van der Waals surface area contributed by atoms with Crippen LogP contribution in [0.4, 0.5) is 4.79 Å². The molecule has 2 aromatic heterocycles. The number of carbonyl (C=O) groups is 3. The summed E-state index contributed by atoms with van der Waals surface area (Å²) in [7, 11) is 0. The molecule has 2 rings (SSSR count). The SMILES string of the molecule is Cc1cc2nc(C)c(CCC(=O)O[C@H](C)C(=O)NC(=O)NC(C)(C)C)c(C)n2n1. The lowest BCUT2D eigenvalue weighted by atomic mass is 10.1. The number of fused-ring (bicyclic) bond motifs is 1. The number of carbonyl (C=O) groups excluding carboxylic acids is 3. The zero-order valence-corrected chi connectivity index (χ0v) is 18.0. The molecule has 158 valence electrons. The first kappa shape index (κ1) is 22.3. The first-order chi connectivity index (χ1) is 13.4. The highest BCUT2D eigenvalue weighted by Gasteiger charge is 2.22. The standard InChI is InChI=1S/C20H29N5O4/c1-11-10-16-21-12(2)15(13(3)25(16)24-11)8-9-17(26)29-14(4)18(27)22-19(28)23-20(5,6)7/h10,14H,8-9H2,1-7H3,(H2,22,23,27,28)/t14-/m1/s1. The van der Waals surface area contributed by atoms with Gasteiger partial charge in [-0.2, -0.15) is 5.10 Å². The molecule has 0 aromatic carbocycles. The molecule has 2 aromatic rings. The smallest absolute Gasteiger partial charge is 0.321 e. The van der Waals surface area contributed by atoms with E-state index in [1.807, 2.05) is 26.8 Å². The van der Waals surface area contributed by atoms with Crippen molar-refractivity contribution in [2.45, 2.75) is 73.0 Å². The quantitative estimate of drug-likeness (QED) is 0.739. The summed E-state index contributed by atoms with van der Waals surface area (Å²) in [6.07, 6.45) is -0.581. The van der Waals surface area contributed by atoms with E-state index in [-0.39, 0.29) is 6.42 Å². The molecule has 9 nitrogen and oxygen atoms in total. The van der Waals surface area contributed by atoms with Crippen LogP contribution in [0.3, 0.4) is 0 Å². The van der Waals surface area contributed by atoms with Gasteiger partial charge in [-0.1, -0.05) is 0 Å². The predicted molar refractivity (Wildman–Crippen MR) is 108 cm³/mol. The zero-order chi connectivity index (χ0) is 21.9. The van der Waals surface area contributed by atoms with E-state index in [1.165, 1.54) is 6.92 Å². The number of nitrogens with one attached hydrogen (secondary N) is 2. The fraction of sp³-hybridized carbons (Fsp3) is 0.550. The van der Waals surface area contributed by atoms with Crippen molar-refractivity contribution in [1.29, 1.82) is 0 Å². The van der Waals surface area contributed by atoms with Crippen LogP contribution < -0.4 is 10.6 Å². The summed E-state index contributed by atoms with van der Waals surface area (Å²) in [5.41, 5.74) is 3.81. The number of ether oxygens (including phenoxy) is 1. The Morgan fingerprint density at radius 3 is 2.48 bits per heavy atom. The van der Waals surface area contributed by atoms with Gasteiger partial charge in [-0.25, -0.2) is 14.3 Å². The van der Waals surface area contributed by atoms with Gasteiger partial charge in [0.1, 0.15) is 0 Å². The average molecular weight is 403 g/mol. The molecule has 9 heteroatoms. The van der Waals surface area contributed by atoms with Crippen LogP contribution in [0, 0.1) is 20.8 Å². The second-order valence-electron chi connectivity index (χ2n) is 8.14. The van der Waals surface area contributed by atoms with Crippen LogP contribution in [-0.2, 0) is 20.7 Å². The summed E-state index contributed by atoms with van der Waals surface area (Å²) < 4.78 is 6.92. The Morgan fingerprint density at radius 1 is 1.21 bits per heavy atom. The third-order valence-electron chi connectivity index (χ3n) is 4.27. The number of esters is 1. The van der Waals surface area contributed by atoms with Gasteiger partial charge in [0, 0.05) is 29.4 Å². The fourth-order valence-corrected chi connectivity index (χ4v) is 2.93. The lowest BCUT2D eigenvalue weighted by Crippen LogP contribution is -2.50. The van der Waals surface area contributed by atoms with E-state index in [9.17, 15) is 14.4 Å². The molecule has 0 radical (unpaired) electrons. The summed E-state index contributed by atoms with van der Waals surface area (Å²) >= 11 is 0. The maximum Gasteiger partial charge on any atom is 0.321 e. The first-order valence-electron chi connectivity index (χ1n) is 9.52. The summed E-state index contributed by atoms with van der Waals surface area (Å²) in [6, 6.07) is 1.26. The van der Waals surface area contributed by atoms with Crippen LogP contribution in [0.25, 0.3) is 5.65 Å². The minimum atomic E-state index is -1.08. The van der Waals surface area contributed by atoms with Gasteiger partial charge in [0.05, 0.1) is 5.69 Å². The van der Waals surface area contributed by atoms with E-state index in [0.29, 0.717) is 6.42 Å². The minimum Gasteiger partial charge on any atom is -0.453 e. The number of aromatic nitrogens is 3. The van der Waals surface area contributed by atoms with Gasteiger partial charge in [0.25, 0.3) is 5.91 Å². The molecule has 0 spiro atoms. The molecule has 2 heterocycles. The molecule has 0 saturated carbocycles. The molecule has 0 saturated heterocycles. The van der Waals surface area contributed by atoms with Gasteiger partial charge >= 0.3 is 12.0 Å². The maximum atomic E-state index is 12.2. The van der Waals surface area contributed by atoms with Crippen LogP contribution in [-0.4, -0.2) is 44.1 Å². The van der Waals surface area contributed by atoms with Crippen LogP contribution in [0.2, 0.25) is 0 Å². The molecule has 0 bridgehead atoms. The second-order valence-corrected chi connectivity index (χ2v) is 8.14. The van der Waals surface area contributed by atoms with E-state index in [0.717, 1.165) is 28.3 Å². The number of amides is 3. The third kappa shape index (κ3) is 6.00. The van der Waals surface area contributed by atoms with Crippen molar-refractivity contribution in [3.63, 3.8) is 0 Å². The number of hydrogen-bond donors (Lipinski definition) is 2. The Morgan fingerprint density at radius 2 is 1.86 bits per heavy atom. The highest BCUT2D eigenvalue weighted by molar-refractivity contribution is 5.97. The second kappa shape index (κ2) is 8.59. The van der Waals surface area contributed by atoms with Gasteiger partial charge < -0.3 is 10.1 Å². The number of imide groups is 1. The van der Waals surface area contributed by atoms with Crippen molar-refractivity contribution in [2.75, 3.05) is 0 Å². The lowest BCUT2D eigenvalue weighted by molar-refractivity contribution is -0.154. The van der Waals surface area contributed by atoms with Gasteiger partial charge in [-0.05, 0) is 60.5 Å². The number of aryl methyl sites for hydroxylation is 3. The first-order valence-corrected chi connectivity index (χ1v) is 9.52. The van der Waals surface area contributed by atoms with Crippen molar-refractivity contribution < 1.29 is 19.1 Å². The number of nitrogens with zero attached hydrogens (tertiary/aromatic N) is 3. The Labute approximate surface area is 170 Å². The normalized spacial score (nSPS) is 12.5. The molecule has 29 heavy (non-hydrogen) atoms. The average Bonchev–Trinajstić information content (AvgIpc) is 2.93. The van der Waals surface area contributed by atoms with E-state index in [4.69, 9.17) is 4.74 Å². The van der Waals surface area contributed by atoms with Gasteiger partial charge in [0.15, 0.2) is 11.8 Å². The van der Waals surface area contributed by atoms with E-state index >= 15 is 0 Å². The fourth-order valence-electron chi connectivity index (χ4n) is 2.93. The van der Waals surface area contributed by atoms with Gasteiger partial charge in [0.2, 0.25) is 0 Å². The molecule has 0 unspecified atom stereocenters. The van der Waals surface area contributed by atoms with Crippen molar-refractivity contribution >= 4 is 23.6 Å². The van der Waals surface area contributed by atoms with Crippen LogP contribution >= 0.6 is 0 Å². The lowest BCUT2D eigenvalue weighted by Gasteiger charge is -2.21. The van der Waals surface area contributed by atoms with Crippen molar-refractivity contribution in [3.05, 3.63) is 28.7 Å². The molecule has 1 atom stereocenters. The van der Waals surface area contributed by atoms with Crippen molar-refractivity contribution in [1.82, 2.24) is 25.2 Å². The van der Waals surface area contributed by atoms with E-state index < -0.39 is 29.6 Å². The molecule has 0 aliphatic rings. The van der Waals surface area contributed by atoms with E-state index in [2.05, 4.69) is 20.7 Å². The van der Waals surface area contributed by atoms with Gasteiger partial charge in [-0.15, -0.1) is 0 Å². The molecule has 0 fully saturated rings. The Bertz CT molecular complexity index is 942. The van der Waals surface area contributed by atoms with E-state index in [1.54, 1.807) is 25.3 Å². The zero-order valence-electron chi connectivity index (χ0n) is 18.0. The molecule has 2 N–H and O–H groups in total. The maximum absolute atomic E-state index is 12.2. The molecular formula is C20H29N5O4. The topological polar surface area (TPSA) is 115 Å². The highest BCUT2D eigenvalue weighted by Crippen LogP contribution is 2.17. The van der Waals surface area contributed by atoms with Gasteiger partial charge in [-0.3, -0.25) is 14.9 Å². The highest BCUT2D eigenvalue weighted by atomic mass is 16.5. The number of urea groups is 1. The van der Waals surface area contributed by atoms with Crippen molar-refractivity contribution in [2.24, 2.45) is 0 Å². The summed E-state index contributed by atoms with van der Waals surface area (Å²) in [4.78, 5) is 40.5. The summed E-state index contributed by atoms with van der Waals surface area (Å²) in [5, 5.41) is 9.19. The molecule has 3 amide bonds. The van der Waals surface area contributed by atoms with Crippen molar-refractivity contribution in [3.8, 4) is 0 Å². The Balaban J connectivity index is 1.93. The summed E-state index contributed by atoms with van der Waals surface area (Å²) in [5.74, 6) is -1.21. The largest absolute Gasteiger partial charge is 0.453 e. The van der Waals surface area contributed by atoms with Crippen LogP contribution in [0.15, 0.2) is 6.07 Å². The number of rotatable bonds is 5. The Hall–Kier alpha value is -2.97. The Kier molecular flexibility index (Phi) is 6.61. The monoisotopic (exact) mass is 403 g/mol. The van der Waals surface area contributed by atoms with Crippen LogP contribution in [0.5, 0.6) is 0 Å². The minimum absolute atomic E-state index is 0.0843. The molecule has 0 aliphatic heterocycles. The third-order valence-corrected chi connectivity index (χ3v) is 4.27. The number of hydrogen-bond acceptors (Lipinski definition) is 6. The van der Waals surface area contributed by atoms with Crippen LogP contribution in [0.1, 0.15) is 56.8 Å².